The molecule has 1 aromatic carbocycles. The Hall–Kier alpha value is -2.24. The summed E-state index contributed by atoms with van der Waals surface area (Å²) in [4.78, 5) is 18.5. The van der Waals surface area contributed by atoms with Gasteiger partial charge in [0.25, 0.3) is 0 Å². The van der Waals surface area contributed by atoms with Gasteiger partial charge in [-0.1, -0.05) is 42.4 Å². The van der Waals surface area contributed by atoms with Gasteiger partial charge in [-0.25, -0.2) is 4.98 Å². The minimum Gasteiger partial charge on any atom is -0.376 e. The van der Waals surface area contributed by atoms with E-state index in [9.17, 15) is 4.79 Å². The molecular formula is C24H24ClN5O2S3. The van der Waals surface area contributed by atoms with Gasteiger partial charge in [0.15, 0.2) is 16.1 Å². The third-order valence-electron chi connectivity index (χ3n) is 5.61. The molecule has 35 heavy (non-hydrogen) atoms. The fraction of sp³-hybridized carbons (Fsp3) is 0.333. The van der Waals surface area contributed by atoms with E-state index in [4.69, 9.17) is 16.3 Å². The van der Waals surface area contributed by atoms with Crippen LogP contribution in [0.3, 0.4) is 0 Å². The Bertz CT molecular complexity index is 1290. The third kappa shape index (κ3) is 5.95. The molecule has 0 radical (unpaired) electrons. The maximum atomic E-state index is 12.7. The smallest absolute Gasteiger partial charge is 0.236 e. The Morgan fingerprint density at radius 1 is 1.23 bits per heavy atom. The lowest BCUT2D eigenvalue weighted by atomic mass is 10.2. The first kappa shape index (κ1) is 24.5. The van der Waals surface area contributed by atoms with Gasteiger partial charge in [0.1, 0.15) is 0 Å². The lowest BCUT2D eigenvalue weighted by Gasteiger charge is -2.14. The highest BCUT2D eigenvalue weighted by Crippen LogP contribution is 2.30. The molecule has 0 bridgehead atoms. The number of aromatic nitrogens is 4. The van der Waals surface area contributed by atoms with Crippen molar-refractivity contribution in [2.75, 3.05) is 17.7 Å². The van der Waals surface area contributed by atoms with Crippen LogP contribution in [0, 0.1) is 0 Å². The van der Waals surface area contributed by atoms with Gasteiger partial charge in [0.2, 0.25) is 5.91 Å². The van der Waals surface area contributed by atoms with Crippen LogP contribution in [0.25, 0.3) is 22.6 Å². The van der Waals surface area contributed by atoms with Crippen LogP contribution in [0.4, 0.5) is 5.13 Å². The van der Waals surface area contributed by atoms with Crippen molar-refractivity contribution < 1.29 is 9.53 Å². The van der Waals surface area contributed by atoms with Crippen LogP contribution in [-0.2, 0) is 22.5 Å². The van der Waals surface area contributed by atoms with Crippen LogP contribution < -0.4 is 5.32 Å². The average molecular weight is 546 g/mol. The zero-order chi connectivity index (χ0) is 24.2. The van der Waals surface area contributed by atoms with Gasteiger partial charge in [0, 0.05) is 38.4 Å². The van der Waals surface area contributed by atoms with Crippen LogP contribution in [-0.4, -0.2) is 44.1 Å². The van der Waals surface area contributed by atoms with Gasteiger partial charge in [-0.3, -0.25) is 9.36 Å². The van der Waals surface area contributed by atoms with E-state index in [1.807, 2.05) is 29.6 Å². The molecule has 7 nitrogen and oxygen atoms in total. The first-order valence-corrected chi connectivity index (χ1v) is 14.5. The van der Waals surface area contributed by atoms with E-state index in [2.05, 4.69) is 43.4 Å². The number of benzene rings is 1. The number of amides is 1. The molecule has 1 amide bonds. The number of thiophene rings is 1. The van der Waals surface area contributed by atoms with Crippen molar-refractivity contribution in [1.82, 2.24) is 19.7 Å². The SMILES string of the molecule is CCc1cc(-c2nnc(SCC(=O)Nc3nc(-c4ccc(Cl)cc4)cs3)n2CC2CCCO2)cs1. The molecule has 0 aliphatic carbocycles. The molecule has 1 unspecified atom stereocenters. The summed E-state index contributed by atoms with van der Waals surface area (Å²) in [6.45, 7) is 3.62. The second-order valence-corrected chi connectivity index (χ2v) is 11.3. The monoisotopic (exact) mass is 545 g/mol. The van der Waals surface area contributed by atoms with E-state index < -0.39 is 0 Å². The predicted molar refractivity (Wildman–Crippen MR) is 144 cm³/mol. The van der Waals surface area contributed by atoms with E-state index in [-0.39, 0.29) is 17.8 Å². The summed E-state index contributed by atoms with van der Waals surface area (Å²) in [5.74, 6) is 0.902. The van der Waals surface area contributed by atoms with Gasteiger partial charge >= 0.3 is 0 Å². The molecule has 0 saturated carbocycles. The zero-order valence-electron chi connectivity index (χ0n) is 19.1. The molecule has 4 heterocycles. The molecule has 182 valence electrons. The number of carbonyl (C=O) groups excluding carboxylic acids is 1. The molecule has 1 aliphatic heterocycles. The Morgan fingerprint density at radius 2 is 2.09 bits per heavy atom. The first-order chi connectivity index (χ1) is 17.1. The maximum absolute atomic E-state index is 12.7. The van der Waals surface area contributed by atoms with Crippen LogP contribution >= 0.6 is 46.0 Å². The number of hydrogen-bond acceptors (Lipinski definition) is 8. The van der Waals surface area contributed by atoms with Gasteiger partial charge in [-0.2, -0.15) is 0 Å². The van der Waals surface area contributed by atoms with Gasteiger partial charge in [-0.05, 0) is 37.5 Å². The Balaban J connectivity index is 1.26. The number of halogens is 1. The molecule has 1 fully saturated rings. The number of nitrogens with one attached hydrogen (secondary N) is 1. The van der Waals surface area contributed by atoms with Gasteiger partial charge in [0.05, 0.1) is 24.1 Å². The summed E-state index contributed by atoms with van der Waals surface area (Å²) in [7, 11) is 0. The molecule has 11 heteroatoms. The van der Waals surface area contributed by atoms with E-state index in [0.29, 0.717) is 16.7 Å². The summed E-state index contributed by atoms with van der Waals surface area (Å²) < 4.78 is 7.97. The molecule has 1 atom stereocenters. The van der Waals surface area contributed by atoms with E-state index in [0.717, 1.165) is 53.7 Å². The van der Waals surface area contributed by atoms with Crippen molar-refractivity contribution in [2.45, 2.75) is 44.0 Å². The second kappa shape index (κ2) is 11.2. The predicted octanol–water partition coefficient (Wildman–Crippen LogP) is 6.26. The summed E-state index contributed by atoms with van der Waals surface area (Å²) >= 11 is 10.5. The maximum Gasteiger partial charge on any atom is 0.236 e. The normalized spacial score (nSPS) is 15.5. The number of rotatable bonds is 9. The highest BCUT2D eigenvalue weighted by atomic mass is 35.5. The largest absolute Gasteiger partial charge is 0.376 e. The van der Waals surface area contributed by atoms with Crippen LogP contribution in [0.2, 0.25) is 5.02 Å². The fourth-order valence-electron chi connectivity index (χ4n) is 3.82. The lowest BCUT2D eigenvalue weighted by Crippen LogP contribution is -2.18. The quantitative estimate of drug-likeness (QED) is 0.250. The molecular weight excluding hydrogens is 522 g/mol. The van der Waals surface area contributed by atoms with Crippen molar-refractivity contribution in [3.63, 3.8) is 0 Å². The number of anilines is 1. The number of thioether (sulfide) groups is 1. The van der Waals surface area contributed by atoms with Gasteiger partial charge in [-0.15, -0.1) is 32.9 Å². The van der Waals surface area contributed by atoms with Crippen molar-refractivity contribution in [3.05, 3.63) is 51.0 Å². The summed E-state index contributed by atoms with van der Waals surface area (Å²) in [6, 6.07) is 9.64. The van der Waals surface area contributed by atoms with Crippen LogP contribution in [0.5, 0.6) is 0 Å². The van der Waals surface area contributed by atoms with Crippen molar-refractivity contribution in [3.8, 4) is 22.6 Å². The van der Waals surface area contributed by atoms with Crippen molar-refractivity contribution in [1.29, 1.82) is 0 Å². The number of ether oxygens (including phenoxy) is 1. The number of nitrogens with zero attached hydrogens (tertiary/aromatic N) is 4. The molecule has 4 aromatic rings. The topological polar surface area (TPSA) is 81.9 Å². The van der Waals surface area contributed by atoms with E-state index in [1.54, 1.807) is 11.3 Å². The second-order valence-electron chi connectivity index (χ2n) is 8.09. The standard InChI is InChI=1S/C24H24ClN5O2S3/c1-2-19-10-16(12-33-19)22-28-29-24(30(22)11-18-4-3-9-32-18)35-14-21(31)27-23-26-20(13-34-23)15-5-7-17(25)8-6-15/h5-8,10,12-13,18H,2-4,9,11,14H2,1H3,(H,26,27,31). The van der Waals surface area contributed by atoms with E-state index in [1.165, 1.54) is 28.0 Å². The molecule has 1 saturated heterocycles. The average Bonchev–Trinajstić information content (AvgIpc) is 3.66. The van der Waals surface area contributed by atoms with Crippen molar-refractivity contribution >= 4 is 57.1 Å². The molecule has 5 rings (SSSR count). The summed E-state index contributed by atoms with van der Waals surface area (Å²) in [6.07, 6.45) is 3.22. The first-order valence-electron chi connectivity index (χ1n) is 11.4. The highest BCUT2D eigenvalue weighted by molar-refractivity contribution is 7.99. The summed E-state index contributed by atoms with van der Waals surface area (Å²) in [5, 5.41) is 17.8. The number of carbonyl (C=O) groups is 1. The molecule has 3 aromatic heterocycles. The zero-order valence-corrected chi connectivity index (χ0v) is 22.3. The molecule has 1 aliphatic rings. The fourth-order valence-corrected chi connectivity index (χ4v) is 6.24. The third-order valence-corrected chi connectivity index (χ3v) is 8.67. The van der Waals surface area contributed by atoms with Crippen LogP contribution in [0.1, 0.15) is 24.6 Å². The molecule has 0 spiro atoms. The molecule has 1 N–H and O–H groups in total. The minimum atomic E-state index is -0.135. The Morgan fingerprint density at radius 3 is 2.83 bits per heavy atom. The van der Waals surface area contributed by atoms with Crippen molar-refractivity contribution in [2.24, 2.45) is 0 Å². The summed E-state index contributed by atoms with van der Waals surface area (Å²) in [5.41, 5.74) is 2.82. The Kier molecular flexibility index (Phi) is 7.84. The van der Waals surface area contributed by atoms with E-state index >= 15 is 0 Å². The number of hydrogen-bond donors (Lipinski definition) is 1. The lowest BCUT2D eigenvalue weighted by molar-refractivity contribution is -0.113. The minimum absolute atomic E-state index is 0.135. The van der Waals surface area contributed by atoms with Crippen LogP contribution in [0.15, 0.2) is 46.2 Å². The van der Waals surface area contributed by atoms with Gasteiger partial charge < -0.3 is 10.1 Å². The number of thiazole rings is 1. The Labute approximate surface area is 220 Å². The highest BCUT2D eigenvalue weighted by Gasteiger charge is 2.23. The number of aryl methyl sites for hydroxylation is 1.